The minimum atomic E-state index is 0.126. The van der Waals surface area contributed by atoms with E-state index in [4.69, 9.17) is 5.11 Å². The fourth-order valence-electron chi connectivity index (χ4n) is 1.09. The van der Waals surface area contributed by atoms with Crippen molar-refractivity contribution in [2.24, 2.45) is 5.92 Å². The average Bonchev–Trinajstić information content (AvgIpc) is 2.08. The molecule has 0 bridgehead atoms. The van der Waals surface area contributed by atoms with Crippen molar-refractivity contribution >= 4 is 15.9 Å². The molecular weight excluding hydrogens is 228 g/mol. The molecule has 0 aromatic heterocycles. The lowest BCUT2D eigenvalue weighted by molar-refractivity contribution is 0.342. The molecule has 1 nitrogen and oxygen atoms in total. The molecule has 0 radical (unpaired) electrons. The molecule has 0 aliphatic heterocycles. The van der Waals surface area contributed by atoms with Crippen LogP contribution >= 0.6 is 15.9 Å². The fourth-order valence-corrected chi connectivity index (χ4v) is 1.36. The van der Waals surface area contributed by atoms with Crippen LogP contribution in [0.5, 0.6) is 0 Å². The number of hydrogen-bond donors (Lipinski definition) is 1. The van der Waals surface area contributed by atoms with Crippen molar-refractivity contribution in [3.8, 4) is 0 Å². The van der Waals surface area contributed by atoms with Crippen molar-refractivity contribution in [2.75, 3.05) is 0 Å². The van der Waals surface area contributed by atoms with Gasteiger partial charge in [0.1, 0.15) is 0 Å². The van der Waals surface area contributed by atoms with Crippen molar-refractivity contribution in [1.82, 2.24) is 0 Å². The highest BCUT2D eigenvalue weighted by atomic mass is 79.9. The van der Waals surface area contributed by atoms with Gasteiger partial charge in [-0.25, -0.2) is 0 Å². The minimum absolute atomic E-state index is 0.126. The highest BCUT2D eigenvalue weighted by Crippen LogP contribution is 2.16. The Hall–Kier alpha value is -0.760. The van der Waals surface area contributed by atoms with Gasteiger partial charge in [0.2, 0.25) is 0 Å². The summed E-state index contributed by atoms with van der Waals surface area (Å²) in [4.78, 5) is 0. The van der Waals surface area contributed by atoms with Crippen molar-refractivity contribution in [3.05, 3.63) is 46.6 Å². The predicted octanol–water partition coefficient (Wildman–Crippen LogP) is 3.70. The lowest BCUT2D eigenvalue weighted by Crippen LogP contribution is -2.01. The molecule has 1 N–H and O–H groups in total. The van der Waals surface area contributed by atoms with Gasteiger partial charge in [-0.05, 0) is 24.1 Å². The Bertz CT molecular complexity index is 289. The maximum Gasteiger partial charge on any atom is 0.0882 e. The second-order valence-corrected chi connectivity index (χ2v) is 4.14. The van der Waals surface area contributed by atoms with Crippen LogP contribution < -0.4 is 0 Å². The quantitative estimate of drug-likeness (QED) is 0.800. The summed E-state index contributed by atoms with van der Waals surface area (Å²) in [5.74, 6) is 0.379. The molecule has 0 saturated heterocycles. The second kappa shape index (κ2) is 4.47. The molecule has 0 aliphatic carbocycles. The van der Waals surface area contributed by atoms with Gasteiger partial charge in [0, 0.05) is 10.4 Å². The van der Waals surface area contributed by atoms with E-state index in [9.17, 15) is 0 Å². The lowest BCUT2D eigenvalue weighted by Gasteiger charge is -2.09. The first-order valence-corrected chi connectivity index (χ1v) is 5.01. The third kappa shape index (κ3) is 3.23. The van der Waals surface area contributed by atoms with E-state index in [1.165, 1.54) is 5.56 Å². The van der Waals surface area contributed by atoms with Crippen LogP contribution in [-0.2, 0) is 6.42 Å². The Kier molecular flexibility index (Phi) is 3.55. The Morgan fingerprint density at radius 1 is 1.46 bits per heavy atom. The van der Waals surface area contributed by atoms with Gasteiger partial charge >= 0.3 is 0 Å². The van der Waals surface area contributed by atoms with Crippen molar-refractivity contribution in [1.29, 1.82) is 0 Å². The molecule has 1 aromatic carbocycles. The van der Waals surface area contributed by atoms with Gasteiger partial charge in [-0.1, -0.05) is 41.6 Å². The van der Waals surface area contributed by atoms with Crippen LogP contribution in [0.4, 0.5) is 0 Å². The number of aliphatic hydroxyl groups excluding tert-OH is 1. The molecule has 0 heterocycles. The van der Waals surface area contributed by atoms with Gasteiger partial charge in [0.15, 0.2) is 0 Å². The van der Waals surface area contributed by atoms with Crippen molar-refractivity contribution in [2.45, 2.75) is 13.3 Å². The molecule has 70 valence electrons. The van der Waals surface area contributed by atoms with Gasteiger partial charge in [-0.3, -0.25) is 0 Å². The molecule has 1 atom stereocenters. The van der Waals surface area contributed by atoms with Gasteiger partial charge in [-0.2, -0.15) is 0 Å². The summed E-state index contributed by atoms with van der Waals surface area (Å²) in [6, 6.07) is 8.09. The zero-order chi connectivity index (χ0) is 9.84. The van der Waals surface area contributed by atoms with Gasteiger partial charge in [0.05, 0.1) is 5.76 Å². The predicted molar refractivity (Wildman–Crippen MR) is 58.8 cm³/mol. The maximum atomic E-state index is 9.13. The van der Waals surface area contributed by atoms with E-state index in [0.717, 1.165) is 10.9 Å². The fraction of sp³-hybridized carbons (Fsp3) is 0.273. The van der Waals surface area contributed by atoms with E-state index in [2.05, 4.69) is 22.5 Å². The molecule has 1 unspecified atom stereocenters. The largest absolute Gasteiger partial charge is 0.513 e. The highest BCUT2D eigenvalue weighted by molar-refractivity contribution is 9.10. The van der Waals surface area contributed by atoms with Crippen molar-refractivity contribution in [3.63, 3.8) is 0 Å². The smallest absolute Gasteiger partial charge is 0.0882 e. The van der Waals surface area contributed by atoms with E-state index in [1.54, 1.807) is 0 Å². The zero-order valence-corrected chi connectivity index (χ0v) is 9.21. The van der Waals surface area contributed by atoms with Crippen LogP contribution in [0.25, 0.3) is 0 Å². The van der Waals surface area contributed by atoms with Gasteiger partial charge < -0.3 is 5.11 Å². The Labute approximate surface area is 87.2 Å². The van der Waals surface area contributed by atoms with Crippen LogP contribution in [0.1, 0.15) is 12.5 Å². The third-order valence-electron chi connectivity index (χ3n) is 2.02. The summed E-state index contributed by atoms with van der Waals surface area (Å²) in [5, 5.41) is 9.13. The molecule has 1 aromatic rings. The molecule has 2 heteroatoms. The summed E-state index contributed by atoms with van der Waals surface area (Å²) >= 11 is 3.37. The summed E-state index contributed by atoms with van der Waals surface area (Å²) < 4.78 is 1.08. The normalized spacial score (nSPS) is 12.5. The molecule has 0 amide bonds. The highest BCUT2D eigenvalue weighted by Gasteiger charge is 2.05. The van der Waals surface area contributed by atoms with E-state index in [1.807, 2.05) is 31.2 Å². The van der Waals surface area contributed by atoms with Crippen LogP contribution in [0.3, 0.4) is 0 Å². The number of rotatable bonds is 3. The number of aliphatic hydroxyl groups is 1. The van der Waals surface area contributed by atoms with Crippen LogP contribution in [0.15, 0.2) is 41.1 Å². The van der Waals surface area contributed by atoms with Gasteiger partial charge in [0.25, 0.3) is 0 Å². The SMILES string of the molecule is C=C(O)C(C)Cc1ccc(Br)cc1. The molecule has 0 fully saturated rings. The van der Waals surface area contributed by atoms with E-state index < -0.39 is 0 Å². The molecule has 0 aliphatic rings. The third-order valence-corrected chi connectivity index (χ3v) is 2.55. The Morgan fingerprint density at radius 3 is 2.46 bits per heavy atom. The van der Waals surface area contributed by atoms with E-state index >= 15 is 0 Å². The topological polar surface area (TPSA) is 20.2 Å². The van der Waals surface area contributed by atoms with E-state index in [0.29, 0.717) is 0 Å². The minimum Gasteiger partial charge on any atom is -0.513 e. The van der Waals surface area contributed by atoms with Gasteiger partial charge in [-0.15, -0.1) is 0 Å². The first kappa shape index (κ1) is 10.3. The van der Waals surface area contributed by atoms with Crippen LogP contribution in [0.2, 0.25) is 0 Å². The summed E-state index contributed by atoms with van der Waals surface area (Å²) in [7, 11) is 0. The van der Waals surface area contributed by atoms with Crippen LogP contribution in [0, 0.1) is 5.92 Å². The molecule has 0 spiro atoms. The number of allylic oxidation sites excluding steroid dienone is 1. The average molecular weight is 241 g/mol. The molecule has 13 heavy (non-hydrogen) atoms. The molecule has 1 rings (SSSR count). The molecular formula is C11H13BrO. The number of benzene rings is 1. The first-order valence-electron chi connectivity index (χ1n) is 4.22. The maximum absolute atomic E-state index is 9.13. The Balaban J connectivity index is 2.64. The molecule has 0 saturated carbocycles. The number of halogens is 1. The zero-order valence-electron chi connectivity index (χ0n) is 7.63. The monoisotopic (exact) mass is 240 g/mol. The Morgan fingerprint density at radius 2 is 2.00 bits per heavy atom. The number of hydrogen-bond acceptors (Lipinski definition) is 1. The summed E-state index contributed by atoms with van der Waals surface area (Å²) in [6.07, 6.45) is 0.836. The van der Waals surface area contributed by atoms with E-state index in [-0.39, 0.29) is 11.7 Å². The summed E-state index contributed by atoms with van der Waals surface area (Å²) in [6.45, 7) is 5.48. The van der Waals surface area contributed by atoms with Crippen LogP contribution in [-0.4, -0.2) is 5.11 Å². The second-order valence-electron chi connectivity index (χ2n) is 3.22. The van der Waals surface area contributed by atoms with Crippen molar-refractivity contribution < 1.29 is 5.11 Å². The standard InChI is InChI=1S/C11H13BrO/c1-8(9(2)13)7-10-3-5-11(12)6-4-10/h3-6,8,13H,2,7H2,1H3. The lowest BCUT2D eigenvalue weighted by atomic mass is 10.0. The first-order chi connectivity index (χ1) is 6.09. The summed E-state index contributed by atoms with van der Waals surface area (Å²) in [5.41, 5.74) is 1.21.